The lowest BCUT2D eigenvalue weighted by molar-refractivity contribution is -0.120. The summed E-state index contributed by atoms with van der Waals surface area (Å²) >= 11 is 6.14. The molecule has 28 heavy (non-hydrogen) atoms. The highest BCUT2D eigenvalue weighted by Crippen LogP contribution is 2.24. The van der Waals surface area contributed by atoms with E-state index in [0.29, 0.717) is 11.6 Å². The van der Waals surface area contributed by atoms with Crippen LogP contribution in [0.5, 0.6) is 0 Å². The Bertz CT molecular complexity index is 974. The molecule has 0 aliphatic heterocycles. The Hall–Kier alpha value is -2.66. The molecule has 0 bridgehead atoms. The van der Waals surface area contributed by atoms with E-state index in [1.54, 1.807) is 12.1 Å². The van der Waals surface area contributed by atoms with E-state index in [1.165, 1.54) is 12.1 Å². The van der Waals surface area contributed by atoms with Crippen molar-refractivity contribution in [3.63, 3.8) is 0 Å². The first-order chi connectivity index (χ1) is 13.2. The number of aromatic nitrogens is 2. The van der Waals surface area contributed by atoms with Crippen molar-refractivity contribution in [3.8, 4) is 5.69 Å². The van der Waals surface area contributed by atoms with Crippen molar-refractivity contribution in [1.82, 2.24) is 15.1 Å². The molecule has 2 aromatic carbocycles. The molecule has 3 rings (SSSR count). The van der Waals surface area contributed by atoms with Gasteiger partial charge in [0.1, 0.15) is 5.82 Å². The van der Waals surface area contributed by atoms with E-state index in [-0.39, 0.29) is 23.6 Å². The molecular formula is C22H23ClFN3O. The molecule has 0 unspecified atom stereocenters. The smallest absolute Gasteiger partial charge is 0.224 e. The SMILES string of the molecule is CC(C)(C)c1cc(CNC(=O)Cc2ccc(F)cc2)n(-c2cccc(Cl)c2)n1. The van der Waals surface area contributed by atoms with Gasteiger partial charge in [0.25, 0.3) is 0 Å². The summed E-state index contributed by atoms with van der Waals surface area (Å²) in [4.78, 5) is 12.3. The van der Waals surface area contributed by atoms with Gasteiger partial charge >= 0.3 is 0 Å². The molecule has 1 heterocycles. The number of carbonyl (C=O) groups excluding carboxylic acids is 1. The van der Waals surface area contributed by atoms with Crippen LogP contribution in [-0.4, -0.2) is 15.7 Å². The van der Waals surface area contributed by atoms with Crippen LogP contribution in [0.2, 0.25) is 5.02 Å². The minimum atomic E-state index is -0.315. The zero-order chi connectivity index (χ0) is 20.3. The number of amides is 1. The summed E-state index contributed by atoms with van der Waals surface area (Å²) in [6.07, 6.45) is 0.192. The van der Waals surface area contributed by atoms with E-state index in [2.05, 4.69) is 26.1 Å². The van der Waals surface area contributed by atoms with Crippen LogP contribution in [0.25, 0.3) is 5.69 Å². The maximum Gasteiger partial charge on any atom is 0.224 e. The Balaban J connectivity index is 1.79. The molecule has 0 radical (unpaired) electrons. The number of hydrogen-bond donors (Lipinski definition) is 1. The molecule has 1 aromatic heterocycles. The van der Waals surface area contributed by atoms with Gasteiger partial charge in [-0.15, -0.1) is 0 Å². The summed E-state index contributed by atoms with van der Waals surface area (Å²) < 4.78 is 14.8. The van der Waals surface area contributed by atoms with Crippen molar-refractivity contribution in [1.29, 1.82) is 0 Å². The van der Waals surface area contributed by atoms with Gasteiger partial charge in [0.15, 0.2) is 0 Å². The Morgan fingerprint density at radius 3 is 2.50 bits per heavy atom. The first kappa shape index (κ1) is 20.1. The molecule has 0 atom stereocenters. The molecule has 1 amide bonds. The maximum atomic E-state index is 13.0. The average molecular weight is 400 g/mol. The van der Waals surface area contributed by atoms with Crippen LogP contribution < -0.4 is 5.32 Å². The largest absolute Gasteiger partial charge is 0.350 e. The van der Waals surface area contributed by atoms with Crippen LogP contribution in [-0.2, 0) is 23.2 Å². The van der Waals surface area contributed by atoms with Gasteiger partial charge in [-0.05, 0) is 42.0 Å². The van der Waals surface area contributed by atoms with Crippen molar-refractivity contribution < 1.29 is 9.18 Å². The molecule has 146 valence electrons. The minimum Gasteiger partial charge on any atom is -0.350 e. The predicted molar refractivity (Wildman–Crippen MR) is 109 cm³/mol. The molecule has 1 N–H and O–H groups in total. The molecule has 0 saturated heterocycles. The van der Waals surface area contributed by atoms with Gasteiger partial charge in [0.05, 0.1) is 30.0 Å². The van der Waals surface area contributed by atoms with Gasteiger partial charge in [-0.1, -0.05) is 50.6 Å². The lowest BCUT2D eigenvalue weighted by Crippen LogP contribution is -2.25. The van der Waals surface area contributed by atoms with Gasteiger partial charge < -0.3 is 5.32 Å². The van der Waals surface area contributed by atoms with E-state index in [0.717, 1.165) is 22.6 Å². The molecule has 6 heteroatoms. The second-order valence-electron chi connectivity index (χ2n) is 7.74. The zero-order valence-electron chi connectivity index (χ0n) is 16.2. The summed E-state index contributed by atoms with van der Waals surface area (Å²) in [6.45, 7) is 6.60. The Labute approximate surface area is 169 Å². The van der Waals surface area contributed by atoms with E-state index in [4.69, 9.17) is 16.7 Å². The highest BCUT2D eigenvalue weighted by molar-refractivity contribution is 6.30. The van der Waals surface area contributed by atoms with Crippen molar-refractivity contribution in [2.75, 3.05) is 0 Å². The first-order valence-electron chi connectivity index (χ1n) is 9.09. The van der Waals surface area contributed by atoms with Crippen LogP contribution in [0.15, 0.2) is 54.6 Å². The van der Waals surface area contributed by atoms with Crippen molar-refractivity contribution in [2.45, 2.75) is 39.2 Å². The van der Waals surface area contributed by atoms with Crippen LogP contribution >= 0.6 is 11.6 Å². The first-order valence-corrected chi connectivity index (χ1v) is 9.47. The fraction of sp³-hybridized carbons (Fsp3) is 0.273. The Kier molecular flexibility index (Phi) is 5.84. The molecule has 0 aliphatic rings. The molecule has 3 aromatic rings. The number of rotatable bonds is 5. The van der Waals surface area contributed by atoms with E-state index in [9.17, 15) is 9.18 Å². The average Bonchev–Trinajstić information content (AvgIpc) is 3.07. The summed E-state index contributed by atoms with van der Waals surface area (Å²) in [5, 5.41) is 8.28. The van der Waals surface area contributed by atoms with E-state index >= 15 is 0 Å². The molecule has 0 fully saturated rings. The topological polar surface area (TPSA) is 46.9 Å². The number of benzene rings is 2. The number of nitrogens with one attached hydrogen (secondary N) is 1. The lowest BCUT2D eigenvalue weighted by atomic mass is 9.92. The quantitative estimate of drug-likeness (QED) is 0.668. The van der Waals surface area contributed by atoms with Crippen molar-refractivity contribution >= 4 is 17.5 Å². The lowest BCUT2D eigenvalue weighted by Gasteiger charge is -2.14. The van der Waals surface area contributed by atoms with Gasteiger partial charge in [0, 0.05) is 10.4 Å². The number of nitrogens with zero attached hydrogens (tertiary/aromatic N) is 2. The van der Waals surface area contributed by atoms with Crippen molar-refractivity contribution in [2.24, 2.45) is 0 Å². The highest BCUT2D eigenvalue weighted by Gasteiger charge is 2.21. The number of halogens is 2. The number of carbonyl (C=O) groups is 1. The van der Waals surface area contributed by atoms with Crippen LogP contribution in [0.4, 0.5) is 4.39 Å². The fourth-order valence-corrected chi connectivity index (χ4v) is 2.97. The summed E-state index contributed by atoms with van der Waals surface area (Å²) in [7, 11) is 0. The normalized spacial score (nSPS) is 11.5. The second kappa shape index (κ2) is 8.15. The monoisotopic (exact) mass is 399 g/mol. The third kappa shape index (κ3) is 4.98. The van der Waals surface area contributed by atoms with Crippen LogP contribution in [0, 0.1) is 5.82 Å². The fourth-order valence-electron chi connectivity index (χ4n) is 2.78. The molecular weight excluding hydrogens is 377 g/mol. The second-order valence-corrected chi connectivity index (χ2v) is 8.18. The van der Waals surface area contributed by atoms with E-state index < -0.39 is 0 Å². The Morgan fingerprint density at radius 1 is 1.14 bits per heavy atom. The summed E-state index contributed by atoms with van der Waals surface area (Å²) in [5.74, 6) is -0.452. The van der Waals surface area contributed by atoms with Crippen molar-refractivity contribution in [3.05, 3.63) is 82.4 Å². The summed E-state index contributed by atoms with van der Waals surface area (Å²) in [5.41, 5.74) is 3.26. The molecule has 4 nitrogen and oxygen atoms in total. The van der Waals surface area contributed by atoms with Crippen LogP contribution in [0.3, 0.4) is 0 Å². The minimum absolute atomic E-state index is 0.128. The predicted octanol–water partition coefficient (Wildman–Crippen LogP) is 4.82. The van der Waals surface area contributed by atoms with Gasteiger partial charge in [-0.2, -0.15) is 5.10 Å². The van der Waals surface area contributed by atoms with Gasteiger partial charge in [-0.3, -0.25) is 4.79 Å². The standard InChI is InChI=1S/C22H23ClFN3O/c1-22(2,3)20-13-19(27(26-20)18-6-4-5-16(23)12-18)14-25-21(28)11-15-7-9-17(24)10-8-15/h4-10,12-13H,11,14H2,1-3H3,(H,25,28). The van der Waals surface area contributed by atoms with Gasteiger partial charge in [0.2, 0.25) is 5.91 Å². The molecule has 0 spiro atoms. The third-order valence-corrected chi connectivity index (χ3v) is 4.58. The zero-order valence-corrected chi connectivity index (χ0v) is 16.9. The molecule has 0 aliphatic carbocycles. The summed E-state index contributed by atoms with van der Waals surface area (Å²) in [6, 6.07) is 15.4. The molecule has 0 saturated carbocycles. The maximum absolute atomic E-state index is 13.0. The van der Waals surface area contributed by atoms with Gasteiger partial charge in [-0.25, -0.2) is 9.07 Å². The Morgan fingerprint density at radius 2 is 1.86 bits per heavy atom. The van der Waals surface area contributed by atoms with Crippen LogP contribution in [0.1, 0.15) is 37.7 Å². The highest BCUT2D eigenvalue weighted by atomic mass is 35.5. The number of hydrogen-bond acceptors (Lipinski definition) is 2. The third-order valence-electron chi connectivity index (χ3n) is 4.35. The van der Waals surface area contributed by atoms with E-state index in [1.807, 2.05) is 35.0 Å².